The number of halogens is 1. The van der Waals surface area contributed by atoms with E-state index >= 15 is 0 Å². The zero-order valence-electron chi connectivity index (χ0n) is 19.2. The smallest absolute Gasteiger partial charge is 0.305 e. The van der Waals surface area contributed by atoms with Crippen LogP contribution in [0.5, 0.6) is 5.75 Å². The van der Waals surface area contributed by atoms with Crippen LogP contribution in [0.4, 0.5) is 0 Å². The lowest BCUT2D eigenvalue weighted by molar-refractivity contribution is -0.143. The number of ether oxygens (including phenoxy) is 2. The summed E-state index contributed by atoms with van der Waals surface area (Å²) >= 11 is 0. The average molecular weight is 428 g/mol. The summed E-state index contributed by atoms with van der Waals surface area (Å²) in [6.45, 7) is 11.3. The first-order valence-electron chi connectivity index (χ1n) is 11.1. The molecule has 0 spiro atoms. The minimum atomic E-state index is -0.0524. The molecule has 1 atom stereocenters. The van der Waals surface area contributed by atoms with Crippen molar-refractivity contribution in [2.75, 3.05) is 26.8 Å². The Kier molecular flexibility index (Phi) is 15.8. The summed E-state index contributed by atoms with van der Waals surface area (Å²) in [4.78, 5) is 13.9. The van der Waals surface area contributed by atoms with Gasteiger partial charge >= 0.3 is 5.97 Å². The maximum absolute atomic E-state index is 11.3. The Morgan fingerprint density at radius 1 is 1.03 bits per heavy atom. The van der Waals surface area contributed by atoms with Gasteiger partial charge in [-0.3, -0.25) is 9.69 Å². The van der Waals surface area contributed by atoms with E-state index in [-0.39, 0.29) is 18.4 Å². The molecule has 1 rings (SSSR count). The number of rotatable bonds is 15. The van der Waals surface area contributed by atoms with Crippen molar-refractivity contribution < 1.29 is 14.3 Å². The molecule has 0 saturated heterocycles. The fraction of sp³-hybridized carbons (Fsp3) is 0.708. The highest BCUT2D eigenvalue weighted by Gasteiger charge is 2.16. The molecular weight excluding hydrogens is 386 g/mol. The molecule has 0 aliphatic carbocycles. The van der Waals surface area contributed by atoms with E-state index in [0.29, 0.717) is 19.1 Å². The summed E-state index contributed by atoms with van der Waals surface area (Å²) in [5.74, 6) is 0.877. The first-order chi connectivity index (χ1) is 13.5. The zero-order valence-corrected chi connectivity index (χ0v) is 20.0. The predicted molar refractivity (Wildman–Crippen MR) is 124 cm³/mol. The van der Waals surface area contributed by atoms with E-state index in [1.54, 1.807) is 7.11 Å². The van der Waals surface area contributed by atoms with Crippen LogP contribution in [-0.4, -0.2) is 37.7 Å². The molecule has 0 heterocycles. The van der Waals surface area contributed by atoms with Crippen LogP contribution in [0.1, 0.15) is 89.3 Å². The summed E-state index contributed by atoms with van der Waals surface area (Å²) in [5.41, 5.74) is 2.69. The highest BCUT2D eigenvalue weighted by molar-refractivity contribution is 5.85. The van der Waals surface area contributed by atoms with Crippen LogP contribution in [0.2, 0.25) is 0 Å². The van der Waals surface area contributed by atoms with Crippen LogP contribution in [0.25, 0.3) is 0 Å². The Balaban J connectivity index is 0.00000784. The van der Waals surface area contributed by atoms with Crippen LogP contribution in [0.15, 0.2) is 18.2 Å². The van der Waals surface area contributed by atoms with Gasteiger partial charge in [0.1, 0.15) is 5.75 Å². The van der Waals surface area contributed by atoms with Gasteiger partial charge in [0.25, 0.3) is 0 Å². The third-order valence-corrected chi connectivity index (χ3v) is 5.51. The van der Waals surface area contributed by atoms with Gasteiger partial charge in [0, 0.05) is 12.5 Å². The number of carbonyl (C=O) groups is 1. The average Bonchev–Trinajstić information content (AvgIpc) is 2.69. The number of esters is 1. The molecule has 0 saturated carbocycles. The Morgan fingerprint density at radius 2 is 1.66 bits per heavy atom. The molecule has 0 bridgehead atoms. The second kappa shape index (κ2) is 16.5. The molecule has 1 aromatic carbocycles. The van der Waals surface area contributed by atoms with Crippen LogP contribution in [0, 0.1) is 6.92 Å². The van der Waals surface area contributed by atoms with Crippen molar-refractivity contribution in [2.24, 2.45) is 0 Å². The first kappa shape index (κ1) is 27.7. The molecule has 0 aliphatic rings. The number of benzene rings is 1. The van der Waals surface area contributed by atoms with E-state index in [0.717, 1.165) is 31.7 Å². The normalized spacial score (nSPS) is 11.8. The zero-order chi connectivity index (χ0) is 20.8. The van der Waals surface area contributed by atoms with Crippen molar-refractivity contribution in [3.8, 4) is 5.75 Å². The van der Waals surface area contributed by atoms with E-state index in [2.05, 4.69) is 43.9 Å². The Bertz CT molecular complexity index is 565. The van der Waals surface area contributed by atoms with Gasteiger partial charge in [-0.2, -0.15) is 0 Å². The van der Waals surface area contributed by atoms with Gasteiger partial charge < -0.3 is 9.47 Å². The van der Waals surface area contributed by atoms with Crippen LogP contribution >= 0.6 is 12.4 Å². The van der Waals surface area contributed by atoms with Gasteiger partial charge in [-0.25, -0.2) is 0 Å². The lowest BCUT2D eigenvalue weighted by atomic mass is 10.0. The highest BCUT2D eigenvalue weighted by atomic mass is 35.5. The van der Waals surface area contributed by atoms with E-state index in [1.807, 2.05) is 6.92 Å². The lowest BCUT2D eigenvalue weighted by Gasteiger charge is -2.29. The molecule has 0 amide bonds. The van der Waals surface area contributed by atoms with Crippen molar-refractivity contribution in [1.82, 2.24) is 4.90 Å². The van der Waals surface area contributed by atoms with Crippen molar-refractivity contribution in [1.29, 1.82) is 0 Å². The van der Waals surface area contributed by atoms with Crippen LogP contribution < -0.4 is 4.74 Å². The first-order valence-corrected chi connectivity index (χ1v) is 11.1. The second-order valence-corrected chi connectivity index (χ2v) is 7.56. The Labute approximate surface area is 184 Å². The molecule has 0 radical (unpaired) electrons. The quantitative estimate of drug-likeness (QED) is 0.237. The van der Waals surface area contributed by atoms with Gasteiger partial charge in [0.2, 0.25) is 0 Å². The van der Waals surface area contributed by atoms with Crippen LogP contribution in [0.3, 0.4) is 0 Å². The van der Waals surface area contributed by atoms with E-state index in [1.165, 1.54) is 43.2 Å². The fourth-order valence-electron chi connectivity index (χ4n) is 3.77. The van der Waals surface area contributed by atoms with Crippen molar-refractivity contribution in [3.63, 3.8) is 0 Å². The van der Waals surface area contributed by atoms with Gasteiger partial charge in [-0.1, -0.05) is 45.1 Å². The predicted octanol–water partition coefficient (Wildman–Crippen LogP) is 6.49. The minimum Gasteiger partial charge on any atom is -0.497 e. The number of nitrogens with zero attached hydrogens (tertiary/aromatic N) is 1. The van der Waals surface area contributed by atoms with Crippen LogP contribution in [-0.2, 0) is 9.53 Å². The Morgan fingerprint density at radius 3 is 2.21 bits per heavy atom. The standard InChI is InChI=1S/C24H41NO3.ClH/c1-6-25(21(4)23-17-16-22(27-5)19-20(23)3)18-14-12-10-8-9-11-13-15-24(26)28-7-2;/h16-17,19,21H,6-15,18H2,1-5H3;1H. The number of methoxy groups -OCH3 is 1. The number of hydrogen-bond acceptors (Lipinski definition) is 4. The monoisotopic (exact) mass is 427 g/mol. The third-order valence-electron chi connectivity index (χ3n) is 5.51. The summed E-state index contributed by atoms with van der Waals surface area (Å²) in [6, 6.07) is 6.83. The van der Waals surface area contributed by atoms with Crippen molar-refractivity contribution in [2.45, 2.75) is 85.1 Å². The topological polar surface area (TPSA) is 38.8 Å². The lowest BCUT2D eigenvalue weighted by Crippen LogP contribution is -2.28. The highest BCUT2D eigenvalue weighted by Crippen LogP contribution is 2.27. The van der Waals surface area contributed by atoms with Crippen molar-refractivity contribution >= 4 is 18.4 Å². The van der Waals surface area contributed by atoms with E-state index < -0.39 is 0 Å². The summed E-state index contributed by atoms with van der Waals surface area (Å²) in [6.07, 6.45) is 8.96. The summed E-state index contributed by atoms with van der Waals surface area (Å²) in [7, 11) is 1.72. The number of unbranched alkanes of at least 4 members (excludes halogenated alkanes) is 6. The summed E-state index contributed by atoms with van der Waals surface area (Å²) < 4.78 is 10.3. The molecule has 0 N–H and O–H groups in total. The number of hydrogen-bond donors (Lipinski definition) is 0. The molecule has 4 nitrogen and oxygen atoms in total. The van der Waals surface area contributed by atoms with E-state index in [4.69, 9.17) is 9.47 Å². The van der Waals surface area contributed by atoms with Gasteiger partial charge in [0.05, 0.1) is 13.7 Å². The van der Waals surface area contributed by atoms with E-state index in [9.17, 15) is 4.79 Å². The summed E-state index contributed by atoms with van der Waals surface area (Å²) in [5, 5.41) is 0. The second-order valence-electron chi connectivity index (χ2n) is 7.56. The molecule has 0 fully saturated rings. The van der Waals surface area contributed by atoms with Gasteiger partial charge in [-0.05, 0) is 70.0 Å². The maximum Gasteiger partial charge on any atom is 0.305 e. The van der Waals surface area contributed by atoms with Crippen molar-refractivity contribution in [3.05, 3.63) is 29.3 Å². The maximum atomic E-state index is 11.3. The molecular formula is C24H42ClNO3. The number of aryl methyl sites for hydroxylation is 1. The molecule has 0 aromatic heterocycles. The largest absolute Gasteiger partial charge is 0.497 e. The molecule has 1 aromatic rings. The Hall–Kier alpha value is -1.26. The SMILES string of the molecule is CCOC(=O)CCCCCCCCCN(CC)C(C)c1ccc(OC)cc1C.Cl. The fourth-order valence-corrected chi connectivity index (χ4v) is 3.77. The molecule has 5 heteroatoms. The number of carbonyl (C=O) groups excluding carboxylic acids is 1. The van der Waals surface area contributed by atoms with Gasteiger partial charge in [0.15, 0.2) is 0 Å². The molecule has 168 valence electrons. The molecule has 1 unspecified atom stereocenters. The molecule has 29 heavy (non-hydrogen) atoms. The molecule has 0 aliphatic heterocycles. The van der Waals surface area contributed by atoms with Gasteiger partial charge in [-0.15, -0.1) is 12.4 Å². The third kappa shape index (κ3) is 10.9. The minimum absolute atomic E-state index is 0.